The number of aryl methyl sites for hydroxylation is 1. The molecule has 5 atom stereocenters. The van der Waals surface area contributed by atoms with Crippen LogP contribution in [-0.4, -0.2) is 51.0 Å². The van der Waals surface area contributed by atoms with E-state index in [-0.39, 0.29) is 18.2 Å². The summed E-state index contributed by atoms with van der Waals surface area (Å²) in [6.07, 6.45) is 2.19. The largest absolute Gasteiger partial charge is 0.389 e. The molecule has 146 valence electrons. The molecule has 4 heterocycles. The van der Waals surface area contributed by atoms with Gasteiger partial charge in [-0.25, -0.2) is 4.98 Å². The molecule has 8 nitrogen and oxygen atoms in total. The van der Waals surface area contributed by atoms with Crippen LogP contribution in [0.1, 0.15) is 17.6 Å². The zero-order chi connectivity index (χ0) is 19.1. The van der Waals surface area contributed by atoms with Gasteiger partial charge in [0.2, 0.25) is 0 Å². The van der Waals surface area contributed by atoms with Crippen molar-refractivity contribution < 1.29 is 19.1 Å². The zero-order valence-corrected chi connectivity index (χ0v) is 15.4. The van der Waals surface area contributed by atoms with E-state index in [2.05, 4.69) is 15.5 Å². The first-order chi connectivity index (χ1) is 13.7. The van der Waals surface area contributed by atoms with Gasteiger partial charge in [0.15, 0.2) is 12.1 Å². The number of imidazole rings is 1. The highest BCUT2D eigenvalue weighted by Gasteiger charge is 2.51. The third-order valence-corrected chi connectivity index (χ3v) is 5.45. The maximum Gasteiger partial charge on any atom is 0.181 e. The quantitative estimate of drug-likeness (QED) is 0.693. The van der Waals surface area contributed by atoms with Crippen molar-refractivity contribution in [2.24, 2.45) is 0 Å². The van der Waals surface area contributed by atoms with Crippen molar-refractivity contribution in [2.45, 2.75) is 44.1 Å². The topological polar surface area (TPSA) is 94.6 Å². The lowest BCUT2D eigenvalue weighted by atomic mass is 9.95. The van der Waals surface area contributed by atoms with E-state index >= 15 is 0 Å². The van der Waals surface area contributed by atoms with E-state index in [1.54, 1.807) is 6.20 Å². The SMILES string of the molecule is Cc1nccn1[C@H]1[C@@H]2OC[C@@H](O2)[C@@H](NCc2cc(-c3ccccc3)no2)[C@@H]1O. The molecule has 8 heteroatoms. The van der Waals surface area contributed by atoms with Gasteiger partial charge in [0.25, 0.3) is 0 Å². The maximum atomic E-state index is 11.0. The lowest BCUT2D eigenvalue weighted by molar-refractivity contribution is -0.166. The molecule has 2 aromatic heterocycles. The van der Waals surface area contributed by atoms with Crippen LogP contribution in [0.15, 0.2) is 53.3 Å². The van der Waals surface area contributed by atoms with Crippen LogP contribution in [0.2, 0.25) is 0 Å². The minimum Gasteiger partial charge on any atom is -0.389 e. The Kier molecular flexibility index (Phi) is 4.48. The molecule has 0 spiro atoms. The Morgan fingerprint density at radius 2 is 2.14 bits per heavy atom. The number of nitrogens with one attached hydrogen (secondary N) is 1. The van der Waals surface area contributed by atoms with Crippen molar-refractivity contribution in [1.82, 2.24) is 20.0 Å². The predicted molar refractivity (Wildman–Crippen MR) is 99.2 cm³/mol. The average Bonchev–Trinajstić information content (AvgIpc) is 3.45. The molecule has 2 aliphatic heterocycles. The number of fused-ring (bicyclic) bond motifs is 2. The van der Waals surface area contributed by atoms with E-state index in [1.165, 1.54) is 0 Å². The molecule has 2 N–H and O–H groups in total. The molecule has 5 rings (SSSR count). The van der Waals surface area contributed by atoms with E-state index in [9.17, 15) is 5.11 Å². The standard InChI is InChI=1S/C20H22N4O4/c1-12-21-7-8-24(12)18-19(25)17(16-11-26-20(18)27-16)22-10-14-9-15(23-28-14)13-5-3-2-4-6-13/h2-9,16-20,22,25H,10-11H2,1H3/t16-,17-,18-,19+,20-/m1/s1. The number of ether oxygens (including phenoxy) is 2. The molecule has 2 saturated heterocycles. The molecule has 1 aromatic carbocycles. The molecule has 0 amide bonds. The van der Waals surface area contributed by atoms with Gasteiger partial charge in [0.05, 0.1) is 25.3 Å². The second kappa shape index (κ2) is 7.14. The number of benzene rings is 1. The molecule has 0 unspecified atom stereocenters. The summed E-state index contributed by atoms with van der Waals surface area (Å²) in [4.78, 5) is 4.26. The fourth-order valence-electron chi connectivity index (χ4n) is 4.01. The highest BCUT2D eigenvalue weighted by molar-refractivity contribution is 5.58. The van der Waals surface area contributed by atoms with Gasteiger partial charge in [-0.2, -0.15) is 0 Å². The number of aromatic nitrogens is 3. The van der Waals surface area contributed by atoms with Gasteiger partial charge >= 0.3 is 0 Å². The molecule has 0 aliphatic carbocycles. The summed E-state index contributed by atoms with van der Waals surface area (Å²) in [6, 6.07) is 11.1. The highest BCUT2D eigenvalue weighted by Crippen LogP contribution is 2.36. The molecule has 2 fully saturated rings. The van der Waals surface area contributed by atoms with Crippen molar-refractivity contribution in [3.05, 3.63) is 60.4 Å². The van der Waals surface area contributed by atoms with Crippen LogP contribution in [0.5, 0.6) is 0 Å². The van der Waals surface area contributed by atoms with Gasteiger partial charge in [0.1, 0.15) is 23.7 Å². The highest BCUT2D eigenvalue weighted by atomic mass is 16.7. The Hall–Kier alpha value is -2.52. The number of nitrogens with zero attached hydrogens (tertiary/aromatic N) is 3. The summed E-state index contributed by atoms with van der Waals surface area (Å²) in [5.41, 5.74) is 1.79. The smallest absolute Gasteiger partial charge is 0.181 e. The van der Waals surface area contributed by atoms with Gasteiger partial charge in [-0.15, -0.1) is 0 Å². The number of hydrogen-bond donors (Lipinski definition) is 2. The molecule has 0 radical (unpaired) electrons. The Balaban J connectivity index is 1.31. The van der Waals surface area contributed by atoms with Crippen LogP contribution in [0.3, 0.4) is 0 Å². The summed E-state index contributed by atoms with van der Waals surface area (Å²) >= 11 is 0. The third-order valence-electron chi connectivity index (χ3n) is 5.45. The zero-order valence-electron chi connectivity index (χ0n) is 15.4. The summed E-state index contributed by atoms with van der Waals surface area (Å²) in [5.74, 6) is 1.51. The van der Waals surface area contributed by atoms with Gasteiger partial charge in [-0.05, 0) is 6.92 Å². The Bertz CT molecular complexity index is 941. The van der Waals surface area contributed by atoms with Crippen LogP contribution >= 0.6 is 0 Å². The third kappa shape index (κ3) is 3.04. The van der Waals surface area contributed by atoms with Gasteiger partial charge in [0, 0.05) is 24.0 Å². The molecule has 0 saturated carbocycles. The lowest BCUT2D eigenvalue weighted by Gasteiger charge is -2.39. The summed E-state index contributed by atoms with van der Waals surface area (Å²) in [6.45, 7) is 2.77. The van der Waals surface area contributed by atoms with E-state index in [0.717, 1.165) is 17.1 Å². The minimum absolute atomic E-state index is 0.211. The second-order valence-corrected chi connectivity index (χ2v) is 7.19. The monoisotopic (exact) mass is 382 g/mol. The number of aliphatic hydroxyl groups excluding tert-OH is 1. The van der Waals surface area contributed by atoms with E-state index in [0.29, 0.717) is 18.9 Å². The fourth-order valence-corrected chi connectivity index (χ4v) is 4.01. The Labute approximate surface area is 162 Å². The van der Waals surface area contributed by atoms with Crippen LogP contribution < -0.4 is 5.32 Å². The first kappa shape index (κ1) is 17.6. The van der Waals surface area contributed by atoms with Crippen molar-refractivity contribution in [3.63, 3.8) is 0 Å². The predicted octanol–water partition coefficient (Wildman–Crippen LogP) is 1.66. The van der Waals surface area contributed by atoms with Crippen molar-refractivity contribution in [2.75, 3.05) is 6.61 Å². The van der Waals surface area contributed by atoms with E-state index in [4.69, 9.17) is 14.0 Å². The molecular formula is C20H22N4O4. The fraction of sp³-hybridized carbons (Fsp3) is 0.400. The summed E-state index contributed by atoms with van der Waals surface area (Å²) < 4.78 is 19.1. The van der Waals surface area contributed by atoms with Gasteiger partial charge < -0.3 is 29.0 Å². The second-order valence-electron chi connectivity index (χ2n) is 7.19. The maximum absolute atomic E-state index is 11.0. The Morgan fingerprint density at radius 1 is 1.29 bits per heavy atom. The first-order valence-corrected chi connectivity index (χ1v) is 9.39. The van der Waals surface area contributed by atoms with E-state index in [1.807, 2.05) is 54.1 Å². The van der Waals surface area contributed by atoms with Gasteiger partial charge in [-0.1, -0.05) is 35.5 Å². The number of rotatable bonds is 5. The van der Waals surface area contributed by atoms with Crippen LogP contribution in [0.4, 0.5) is 0 Å². The number of hydrogen-bond acceptors (Lipinski definition) is 7. The lowest BCUT2D eigenvalue weighted by Crippen LogP contribution is -2.57. The van der Waals surface area contributed by atoms with Crippen LogP contribution in [0.25, 0.3) is 11.3 Å². The summed E-state index contributed by atoms with van der Waals surface area (Å²) in [5, 5.41) is 18.6. The van der Waals surface area contributed by atoms with Crippen molar-refractivity contribution in [3.8, 4) is 11.3 Å². The molecule has 3 aromatic rings. The molecular weight excluding hydrogens is 360 g/mol. The first-order valence-electron chi connectivity index (χ1n) is 9.39. The average molecular weight is 382 g/mol. The Morgan fingerprint density at radius 3 is 2.93 bits per heavy atom. The normalized spacial score (nSPS) is 29.3. The van der Waals surface area contributed by atoms with Crippen LogP contribution in [0, 0.1) is 6.92 Å². The van der Waals surface area contributed by atoms with E-state index < -0.39 is 12.4 Å². The number of aliphatic hydroxyl groups is 1. The van der Waals surface area contributed by atoms with Crippen molar-refractivity contribution in [1.29, 1.82) is 0 Å². The molecule has 28 heavy (non-hydrogen) atoms. The van der Waals surface area contributed by atoms with Gasteiger partial charge in [-0.3, -0.25) is 0 Å². The van der Waals surface area contributed by atoms with Crippen LogP contribution in [-0.2, 0) is 16.0 Å². The molecule has 2 bridgehead atoms. The summed E-state index contributed by atoms with van der Waals surface area (Å²) in [7, 11) is 0. The molecule has 2 aliphatic rings. The van der Waals surface area contributed by atoms with Crippen molar-refractivity contribution >= 4 is 0 Å². The minimum atomic E-state index is -0.685.